The van der Waals surface area contributed by atoms with Gasteiger partial charge in [-0.25, -0.2) is 0 Å². The summed E-state index contributed by atoms with van der Waals surface area (Å²) in [5, 5.41) is 0. The molecule has 1 saturated heterocycles. The molecule has 0 amide bonds. The quantitative estimate of drug-likeness (QED) is 0.879. The van der Waals surface area contributed by atoms with Crippen molar-refractivity contribution in [3.05, 3.63) is 29.6 Å². The van der Waals surface area contributed by atoms with Gasteiger partial charge >= 0.3 is 0 Å². The van der Waals surface area contributed by atoms with E-state index in [9.17, 15) is 0 Å². The van der Waals surface area contributed by atoms with Crippen molar-refractivity contribution in [2.45, 2.75) is 45.5 Å². The molecule has 1 aliphatic heterocycles. The Bertz CT molecular complexity index is 383. The van der Waals surface area contributed by atoms with Crippen LogP contribution in [-0.2, 0) is 17.8 Å². The van der Waals surface area contributed by atoms with Crippen LogP contribution in [-0.4, -0.2) is 35.2 Å². The summed E-state index contributed by atoms with van der Waals surface area (Å²) in [6, 6.07) is 6.59. The Kier molecular flexibility index (Phi) is 4.69. The molecule has 100 valence electrons. The molecule has 0 saturated carbocycles. The second-order valence-electron chi connectivity index (χ2n) is 4.96. The lowest BCUT2D eigenvalue weighted by atomic mass is 10.1. The third-order valence-corrected chi connectivity index (χ3v) is 3.49. The van der Waals surface area contributed by atoms with E-state index in [1.54, 1.807) is 0 Å². The van der Waals surface area contributed by atoms with Crippen LogP contribution < -0.4 is 5.73 Å². The standard InChI is InChI=1S/C14H23N3O/c1-3-14-10-18-11(2)8-17(14)9-13-6-4-5-12(7-15)16-13/h4-6,11,14H,3,7-10,15H2,1-2H3. The SMILES string of the molecule is CCC1COC(C)CN1Cc1cccc(CN)n1. The van der Waals surface area contributed by atoms with Gasteiger partial charge in [0.1, 0.15) is 0 Å². The van der Waals surface area contributed by atoms with Crippen molar-refractivity contribution in [3.63, 3.8) is 0 Å². The number of aromatic nitrogens is 1. The van der Waals surface area contributed by atoms with E-state index >= 15 is 0 Å². The van der Waals surface area contributed by atoms with Crippen LogP contribution in [0.1, 0.15) is 31.7 Å². The summed E-state index contributed by atoms with van der Waals surface area (Å²) in [5.41, 5.74) is 7.69. The molecule has 0 bridgehead atoms. The molecule has 2 unspecified atom stereocenters. The molecule has 2 rings (SSSR count). The first-order valence-electron chi connectivity index (χ1n) is 6.73. The molecule has 4 heteroatoms. The van der Waals surface area contributed by atoms with E-state index in [4.69, 9.17) is 10.5 Å². The summed E-state index contributed by atoms with van der Waals surface area (Å²) in [7, 11) is 0. The lowest BCUT2D eigenvalue weighted by Crippen LogP contribution is -2.48. The summed E-state index contributed by atoms with van der Waals surface area (Å²) in [6.45, 7) is 7.54. The Balaban J connectivity index is 2.05. The lowest BCUT2D eigenvalue weighted by molar-refractivity contribution is -0.0596. The van der Waals surface area contributed by atoms with Crippen molar-refractivity contribution in [3.8, 4) is 0 Å². The van der Waals surface area contributed by atoms with Gasteiger partial charge in [0.25, 0.3) is 0 Å². The van der Waals surface area contributed by atoms with Crippen LogP contribution in [0, 0.1) is 0 Å². The van der Waals surface area contributed by atoms with Crippen molar-refractivity contribution in [1.29, 1.82) is 0 Å². The highest BCUT2D eigenvalue weighted by Gasteiger charge is 2.25. The van der Waals surface area contributed by atoms with Crippen LogP contribution >= 0.6 is 0 Å². The largest absolute Gasteiger partial charge is 0.376 e. The fraction of sp³-hybridized carbons (Fsp3) is 0.643. The van der Waals surface area contributed by atoms with E-state index in [-0.39, 0.29) is 0 Å². The molecule has 18 heavy (non-hydrogen) atoms. The molecule has 1 aromatic rings. The highest BCUT2D eigenvalue weighted by molar-refractivity contribution is 5.11. The van der Waals surface area contributed by atoms with Gasteiger partial charge in [-0.2, -0.15) is 0 Å². The number of hydrogen-bond donors (Lipinski definition) is 1. The van der Waals surface area contributed by atoms with Gasteiger partial charge in [0.05, 0.1) is 24.1 Å². The predicted molar refractivity (Wildman–Crippen MR) is 72.0 cm³/mol. The number of pyridine rings is 1. The van der Waals surface area contributed by atoms with Crippen molar-refractivity contribution in [1.82, 2.24) is 9.88 Å². The minimum Gasteiger partial charge on any atom is -0.376 e. The molecule has 0 aliphatic carbocycles. The minimum atomic E-state index is 0.311. The first kappa shape index (κ1) is 13.5. The number of nitrogens with two attached hydrogens (primary N) is 1. The van der Waals surface area contributed by atoms with E-state index in [2.05, 4.69) is 29.8 Å². The minimum absolute atomic E-state index is 0.311. The molecular formula is C14H23N3O. The molecular weight excluding hydrogens is 226 g/mol. The van der Waals surface area contributed by atoms with Crippen LogP contribution in [0.15, 0.2) is 18.2 Å². The highest BCUT2D eigenvalue weighted by atomic mass is 16.5. The second-order valence-corrected chi connectivity index (χ2v) is 4.96. The molecule has 0 radical (unpaired) electrons. The van der Waals surface area contributed by atoms with Crippen molar-refractivity contribution in [2.24, 2.45) is 5.73 Å². The fourth-order valence-corrected chi connectivity index (χ4v) is 2.42. The zero-order valence-electron chi connectivity index (χ0n) is 11.3. The summed E-state index contributed by atoms with van der Waals surface area (Å²) < 4.78 is 5.71. The Labute approximate surface area is 109 Å². The van der Waals surface area contributed by atoms with E-state index in [1.165, 1.54) is 0 Å². The Morgan fingerprint density at radius 3 is 2.94 bits per heavy atom. The van der Waals surface area contributed by atoms with Gasteiger partial charge in [-0.3, -0.25) is 9.88 Å². The molecule has 0 aromatic carbocycles. The average molecular weight is 249 g/mol. The van der Waals surface area contributed by atoms with Gasteiger partial charge in [-0.1, -0.05) is 13.0 Å². The number of hydrogen-bond acceptors (Lipinski definition) is 4. The fourth-order valence-electron chi connectivity index (χ4n) is 2.42. The van der Waals surface area contributed by atoms with Crippen LogP contribution in [0.4, 0.5) is 0 Å². The number of rotatable bonds is 4. The lowest BCUT2D eigenvalue weighted by Gasteiger charge is -2.38. The van der Waals surface area contributed by atoms with Gasteiger partial charge in [-0.15, -0.1) is 0 Å². The maximum atomic E-state index is 5.71. The average Bonchev–Trinajstić information content (AvgIpc) is 2.39. The van der Waals surface area contributed by atoms with Gasteiger partial charge in [0.15, 0.2) is 0 Å². The zero-order chi connectivity index (χ0) is 13.0. The Hall–Kier alpha value is -0.970. The van der Waals surface area contributed by atoms with Crippen molar-refractivity contribution in [2.75, 3.05) is 13.2 Å². The van der Waals surface area contributed by atoms with Crippen LogP contribution in [0.3, 0.4) is 0 Å². The molecule has 1 fully saturated rings. The van der Waals surface area contributed by atoms with Gasteiger partial charge in [0, 0.05) is 25.7 Å². The van der Waals surface area contributed by atoms with E-state index in [0.29, 0.717) is 18.7 Å². The normalized spacial score (nSPS) is 25.3. The summed E-state index contributed by atoms with van der Waals surface area (Å²) in [4.78, 5) is 7.04. The zero-order valence-corrected chi connectivity index (χ0v) is 11.3. The third kappa shape index (κ3) is 3.28. The van der Waals surface area contributed by atoms with E-state index in [1.807, 2.05) is 12.1 Å². The van der Waals surface area contributed by atoms with Crippen LogP contribution in [0.5, 0.6) is 0 Å². The smallest absolute Gasteiger partial charge is 0.0674 e. The van der Waals surface area contributed by atoms with Crippen LogP contribution in [0.25, 0.3) is 0 Å². The molecule has 2 heterocycles. The molecule has 1 aromatic heterocycles. The summed E-state index contributed by atoms with van der Waals surface area (Å²) in [6.07, 6.45) is 1.43. The monoisotopic (exact) mass is 249 g/mol. The molecule has 2 N–H and O–H groups in total. The van der Waals surface area contributed by atoms with Crippen molar-refractivity contribution < 1.29 is 4.74 Å². The first-order valence-corrected chi connectivity index (χ1v) is 6.73. The maximum absolute atomic E-state index is 5.71. The highest BCUT2D eigenvalue weighted by Crippen LogP contribution is 2.17. The van der Waals surface area contributed by atoms with E-state index < -0.39 is 0 Å². The summed E-state index contributed by atoms with van der Waals surface area (Å²) >= 11 is 0. The molecule has 2 atom stereocenters. The predicted octanol–water partition coefficient (Wildman–Crippen LogP) is 1.54. The number of nitrogens with zero attached hydrogens (tertiary/aromatic N) is 2. The Morgan fingerprint density at radius 1 is 1.44 bits per heavy atom. The molecule has 4 nitrogen and oxygen atoms in total. The van der Waals surface area contributed by atoms with E-state index in [0.717, 1.165) is 37.5 Å². The first-order chi connectivity index (χ1) is 8.72. The number of ether oxygens (including phenoxy) is 1. The topological polar surface area (TPSA) is 51.4 Å². The molecule has 1 aliphatic rings. The molecule has 0 spiro atoms. The maximum Gasteiger partial charge on any atom is 0.0674 e. The number of morpholine rings is 1. The summed E-state index contributed by atoms with van der Waals surface area (Å²) in [5.74, 6) is 0. The Morgan fingerprint density at radius 2 is 2.22 bits per heavy atom. The third-order valence-electron chi connectivity index (χ3n) is 3.49. The van der Waals surface area contributed by atoms with Crippen LogP contribution in [0.2, 0.25) is 0 Å². The van der Waals surface area contributed by atoms with Gasteiger partial charge < -0.3 is 10.5 Å². The van der Waals surface area contributed by atoms with Gasteiger partial charge in [0.2, 0.25) is 0 Å². The van der Waals surface area contributed by atoms with Crippen molar-refractivity contribution >= 4 is 0 Å². The van der Waals surface area contributed by atoms with Gasteiger partial charge in [-0.05, 0) is 25.5 Å². The second kappa shape index (κ2) is 6.27.